The van der Waals surface area contributed by atoms with Gasteiger partial charge < -0.3 is 10.2 Å². The summed E-state index contributed by atoms with van der Waals surface area (Å²) in [5.74, 6) is 0.0376. The maximum absolute atomic E-state index is 11.9. The van der Waals surface area contributed by atoms with Crippen molar-refractivity contribution in [3.8, 4) is 0 Å². The number of hydrogen-bond acceptors (Lipinski definition) is 2. The summed E-state index contributed by atoms with van der Waals surface area (Å²) in [6.45, 7) is 7.98. The van der Waals surface area contributed by atoms with E-state index in [4.69, 9.17) is 0 Å². The van der Waals surface area contributed by atoms with Crippen molar-refractivity contribution >= 4 is 5.91 Å². The van der Waals surface area contributed by atoms with Gasteiger partial charge in [-0.3, -0.25) is 4.79 Å². The Kier molecular flexibility index (Phi) is 7.31. The summed E-state index contributed by atoms with van der Waals surface area (Å²) in [6, 6.07) is 8.35. The zero-order valence-electron chi connectivity index (χ0n) is 13.3. The second-order valence-corrected chi connectivity index (χ2v) is 5.19. The van der Waals surface area contributed by atoms with Gasteiger partial charge in [-0.05, 0) is 51.9 Å². The van der Waals surface area contributed by atoms with Crippen molar-refractivity contribution in [1.29, 1.82) is 0 Å². The van der Waals surface area contributed by atoms with Crippen LogP contribution >= 0.6 is 0 Å². The molecule has 2 rings (SSSR count). The lowest BCUT2D eigenvalue weighted by atomic mass is 10.1. The summed E-state index contributed by atoms with van der Waals surface area (Å²) in [4.78, 5) is 14.3. The van der Waals surface area contributed by atoms with E-state index in [-0.39, 0.29) is 5.91 Å². The van der Waals surface area contributed by atoms with E-state index in [1.165, 1.54) is 24.9 Å². The van der Waals surface area contributed by atoms with E-state index < -0.39 is 0 Å². The molecule has 1 fully saturated rings. The van der Waals surface area contributed by atoms with Gasteiger partial charge in [0, 0.05) is 18.2 Å². The molecule has 1 aliphatic rings. The van der Waals surface area contributed by atoms with Gasteiger partial charge in [0.05, 0.1) is 0 Å². The highest BCUT2D eigenvalue weighted by Crippen LogP contribution is 2.17. The van der Waals surface area contributed by atoms with Crippen LogP contribution in [0.2, 0.25) is 0 Å². The number of carbonyl (C=O) groups excluding carboxylic acids is 1. The summed E-state index contributed by atoms with van der Waals surface area (Å²) in [7, 11) is 2.17. The van der Waals surface area contributed by atoms with Gasteiger partial charge in [0.1, 0.15) is 0 Å². The molecule has 1 aromatic rings. The van der Waals surface area contributed by atoms with E-state index in [2.05, 4.69) is 17.3 Å². The Bertz CT molecular complexity index is 400. The van der Waals surface area contributed by atoms with E-state index in [9.17, 15) is 4.79 Å². The fourth-order valence-corrected chi connectivity index (χ4v) is 2.50. The first-order chi connectivity index (χ1) is 9.66. The number of hydrogen-bond donors (Lipinski definition) is 1. The molecular formula is C17H28N2O. The van der Waals surface area contributed by atoms with E-state index in [1.54, 1.807) is 0 Å². The summed E-state index contributed by atoms with van der Waals surface area (Å²) >= 11 is 0. The minimum atomic E-state index is 0.0376. The van der Waals surface area contributed by atoms with E-state index >= 15 is 0 Å². The number of nitrogens with zero attached hydrogens (tertiary/aromatic N) is 1. The van der Waals surface area contributed by atoms with Crippen LogP contribution in [0.5, 0.6) is 0 Å². The van der Waals surface area contributed by atoms with Gasteiger partial charge in [0.25, 0.3) is 5.91 Å². The number of aryl methyl sites for hydroxylation is 1. The van der Waals surface area contributed by atoms with Crippen molar-refractivity contribution in [3.05, 3.63) is 35.4 Å². The average molecular weight is 276 g/mol. The molecule has 1 unspecified atom stereocenters. The number of benzene rings is 1. The third kappa shape index (κ3) is 4.97. The normalized spacial score (nSPS) is 18.3. The summed E-state index contributed by atoms with van der Waals surface area (Å²) < 4.78 is 0. The van der Waals surface area contributed by atoms with Crippen LogP contribution in [0.3, 0.4) is 0 Å². The number of rotatable bonds is 4. The molecule has 1 aliphatic heterocycles. The topological polar surface area (TPSA) is 32.3 Å². The highest BCUT2D eigenvalue weighted by Gasteiger charge is 2.20. The molecule has 112 valence electrons. The minimum Gasteiger partial charge on any atom is -0.352 e. The third-order valence-electron chi connectivity index (χ3n) is 3.75. The minimum absolute atomic E-state index is 0.0376. The van der Waals surface area contributed by atoms with Crippen molar-refractivity contribution in [1.82, 2.24) is 10.2 Å². The van der Waals surface area contributed by atoms with Gasteiger partial charge in [-0.25, -0.2) is 0 Å². The first-order valence-corrected chi connectivity index (χ1v) is 7.72. The molecule has 1 saturated heterocycles. The Morgan fingerprint density at radius 1 is 1.30 bits per heavy atom. The van der Waals surface area contributed by atoms with Crippen LogP contribution in [-0.2, 0) is 0 Å². The molecule has 0 spiro atoms. The van der Waals surface area contributed by atoms with Crippen LogP contribution in [0.25, 0.3) is 0 Å². The molecule has 20 heavy (non-hydrogen) atoms. The monoisotopic (exact) mass is 276 g/mol. The molecule has 0 saturated carbocycles. The molecule has 1 N–H and O–H groups in total. The molecule has 0 bridgehead atoms. The maximum atomic E-state index is 11.9. The standard InChI is InChI=1S/C15H22N2O.C2H6/c1-12-5-7-13(8-6-12)15(18)16-10-9-14-4-3-11-17(14)2;1-2/h5-8,14H,3-4,9-11H2,1-2H3,(H,16,18);1-2H3. The third-order valence-corrected chi connectivity index (χ3v) is 3.75. The van der Waals surface area contributed by atoms with Crippen molar-refractivity contribution in [2.45, 2.75) is 46.1 Å². The number of nitrogens with one attached hydrogen (secondary N) is 1. The summed E-state index contributed by atoms with van der Waals surface area (Å²) in [5, 5.41) is 3.00. The molecule has 3 heteroatoms. The molecule has 1 amide bonds. The van der Waals surface area contributed by atoms with Gasteiger partial charge in [-0.2, -0.15) is 0 Å². The van der Waals surface area contributed by atoms with Gasteiger partial charge in [0.2, 0.25) is 0 Å². The van der Waals surface area contributed by atoms with E-state index in [0.717, 1.165) is 18.5 Å². The number of carbonyl (C=O) groups is 1. The SMILES string of the molecule is CC.Cc1ccc(C(=O)NCCC2CCCN2C)cc1. The Morgan fingerprint density at radius 3 is 2.50 bits per heavy atom. The Labute approximate surface area is 123 Å². The first-order valence-electron chi connectivity index (χ1n) is 7.72. The van der Waals surface area contributed by atoms with Gasteiger partial charge in [-0.15, -0.1) is 0 Å². The number of amides is 1. The largest absolute Gasteiger partial charge is 0.352 e. The van der Waals surface area contributed by atoms with Crippen molar-refractivity contribution in [2.24, 2.45) is 0 Å². The average Bonchev–Trinajstić information content (AvgIpc) is 2.87. The molecule has 0 aromatic heterocycles. The lowest BCUT2D eigenvalue weighted by molar-refractivity contribution is 0.0950. The lowest BCUT2D eigenvalue weighted by Gasteiger charge is -2.19. The Balaban J connectivity index is 0.000000956. The predicted molar refractivity (Wildman–Crippen MR) is 85.1 cm³/mol. The van der Waals surface area contributed by atoms with Crippen molar-refractivity contribution in [3.63, 3.8) is 0 Å². The molecule has 0 aliphatic carbocycles. The molecule has 3 nitrogen and oxygen atoms in total. The number of likely N-dealkylation sites (tertiary alicyclic amines) is 1. The fourth-order valence-electron chi connectivity index (χ4n) is 2.50. The van der Waals surface area contributed by atoms with Crippen LogP contribution in [0.15, 0.2) is 24.3 Å². The zero-order chi connectivity index (χ0) is 15.0. The van der Waals surface area contributed by atoms with Gasteiger partial charge in [-0.1, -0.05) is 31.5 Å². The van der Waals surface area contributed by atoms with Gasteiger partial charge >= 0.3 is 0 Å². The quantitative estimate of drug-likeness (QED) is 0.915. The van der Waals surface area contributed by atoms with Crippen LogP contribution in [0.1, 0.15) is 49.0 Å². The molecule has 1 aromatic carbocycles. The lowest BCUT2D eigenvalue weighted by Crippen LogP contribution is -2.31. The fraction of sp³-hybridized carbons (Fsp3) is 0.588. The van der Waals surface area contributed by atoms with Crippen LogP contribution in [0, 0.1) is 6.92 Å². The van der Waals surface area contributed by atoms with E-state index in [0.29, 0.717) is 6.04 Å². The van der Waals surface area contributed by atoms with Gasteiger partial charge in [0.15, 0.2) is 0 Å². The highest BCUT2D eigenvalue weighted by atomic mass is 16.1. The maximum Gasteiger partial charge on any atom is 0.251 e. The van der Waals surface area contributed by atoms with E-state index in [1.807, 2.05) is 45.0 Å². The summed E-state index contributed by atoms with van der Waals surface area (Å²) in [6.07, 6.45) is 3.60. The van der Waals surface area contributed by atoms with Crippen LogP contribution in [0.4, 0.5) is 0 Å². The molecule has 0 radical (unpaired) electrons. The Hall–Kier alpha value is -1.35. The van der Waals surface area contributed by atoms with Crippen molar-refractivity contribution < 1.29 is 4.79 Å². The Morgan fingerprint density at radius 2 is 1.95 bits per heavy atom. The second-order valence-electron chi connectivity index (χ2n) is 5.19. The van der Waals surface area contributed by atoms with Crippen LogP contribution < -0.4 is 5.32 Å². The highest BCUT2D eigenvalue weighted by molar-refractivity contribution is 5.94. The molecule has 1 heterocycles. The predicted octanol–water partition coefficient (Wildman–Crippen LogP) is 3.24. The summed E-state index contributed by atoms with van der Waals surface area (Å²) in [5.41, 5.74) is 1.93. The van der Waals surface area contributed by atoms with Crippen molar-refractivity contribution in [2.75, 3.05) is 20.1 Å². The molecular weight excluding hydrogens is 248 g/mol. The molecule has 1 atom stereocenters. The first kappa shape index (κ1) is 16.7. The zero-order valence-corrected chi connectivity index (χ0v) is 13.3. The van der Waals surface area contributed by atoms with Crippen LogP contribution in [-0.4, -0.2) is 37.0 Å². The second kappa shape index (κ2) is 8.75. The smallest absolute Gasteiger partial charge is 0.251 e.